The normalized spacial score (nSPS) is 10.5. The second-order valence-electron chi connectivity index (χ2n) is 10.6. The second kappa shape index (κ2) is 20.3. The van der Waals surface area contributed by atoms with Gasteiger partial charge in [-0.15, -0.1) is 0 Å². The van der Waals surface area contributed by atoms with Crippen LogP contribution in [0.4, 0.5) is 17.1 Å². The summed E-state index contributed by atoms with van der Waals surface area (Å²) in [6.45, 7) is 3.30. The number of ether oxygens (including phenoxy) is 2. The smallest absolute Gasteiger partial charge is 0.311 e. The Morgan fingerprint density at radius 1 is 0.706 bits per heavy atom. The van der Waals surface area contributed by atoms with Gasteiger partial charge in [-0.05, 0) is 47.5 Å². The van der Waals surface area contributed by atoms with Gasteiger partial charge in [-0.25, -0.2) is 9.97 Å². The van der Waals surface area contributed by atoms with Crippen molar-refractivity contribution in [1.82, 2.24) is 9.97 Å². The van der Waals surface area contributed by atoms with Crippen molar-refractivity contribution < 1.29 is 19.3 Å². The molecule has 0 bridgehead atoms. The maximum Gasteiger partial charge on any atom is 0.311 e. The number of rotatable bonds is 12. The lowest BCUT2D eigenvalue weighted by atomic mass is 10.1. The monoisotopic (exact) mass is 838 g/mol. The predicted molar refractivity (Wildman–Crippen MR) is 207 cm³/mol. The van der Waals surface area contributed by atoms with E-state index >= 15 is 0 Å². The van der Waals surface area contributed by atoms with Crippen molar-refractivity contribution in [3.8, 4) is 0 Å². The van der Waals surface area contributed by atoms with Crippen molar-refractivity contribution in [1.29, 1.82) is 0 Å². The van der Waals surface area contributed by atoms with Gasteiger partial charge in [-0.2, -0.15) is 0 Å². The van der Waals surface area contributed by atoms with E-state index in [1.165, 1.54) is 11.8 Å². The summed E-state index contributed by atoms with van der Waals surface area (Å²) in [6, 6.07) is 30.6. The average molecular weight is 841 g/mol. The number of nitrogens with two attached hydrogens (primary N) is 1. The molecule has 4 aromatic carbocycles. The average Bonchev–Trinajstić information content (AvgIpc) is 3.12. The molecule has 0 fully saturated rings. The van der Waals surface area contributed by atoms with Gasteiger partial charge >= 0.3 is 11.4 Å². The van der Waals surface area contributed by atoms with Gasteiger partial charge in [-0.3, -0.25) is 20.2 Å². The van der Waals surface area contributed by atoms with Crippen molar-refractivity contribution in [3.63, 3.8) is 0 Å². The summed E-state index contributed by atoms with van der Waals surface area (Å²) in [4.78, 5) is 29.1. The van der Waals surface area contributed by atoms with Crippen LogP contribution in [0.5, 0.6) is 0 Å². The minimum atomic E-state index is -0.545. The Labute approximate surface area is 315 Å². The highest BCUT2D eigenvalue weighted by Gasteiger charge is 2.18. The summed E-state index contributed by atoms with van der Waals surface area (Å²) in [5.41, 5.74) is 9.11. The fourth-order valence-corrected chi connectivity index (χ4v) is 5.57. The number of hydrogen-bond acceptors (Lipinski definition) is 10. The molecule has 2 aromatic heterocycles. The number of hydrogen-bond donors (Lipinski definition) is 2. The van der Waals surface area contributed by atoms with E-state index in [1.807, 2.05) is 78.9 Å². The van der Waals surface area contributed by atoms with Crippen LogP contribution in [0, 0.1) is 20.2 Å². The summed E-state index contributed by atoms with van der Waals surface area (Å²) in [6.07, 6.45) is 2.44. The Bertz CT molecular complexity index is 2060. The first-order valence-corrected chi connectivity index (χ1v) is 17.4. The van der Waals surface area contributed by atoms with Gasteiger partial charge in [0, 0.05) is 32.8 Å². The molecule has 0 saturated heterocycles. The van der Waals surface area contributed by atoms with E-state index in [2.05, 4.69) is 47.1 Å². The van der Waals surface area contributed by atoms with E-state index in [-0.39, 0.29) is 16.4 Å². The Balaban J connectivity index is 0.000000190. The first kappa shape index (κ1) is 39.2. The fourth-order valence-electron chi connectivity index (χ4n) is 4.59. The highest BCUT2D eigenvalue weighted by atomic mass is 79.9. The molecular weight excluding hydrogens is 808 g/mol. The lowest BCUT2D eigenvalue weighted by molar-refractivity contribution is -0.384. The van der Waals surface area contributed by atoms with E-state index < -0.39 is 9.85 Å². The first-order chi connectivity index (χ1) is 24.7. The highest BCUT2D eigenvalue weighted by molar-refractivity contribution is 9.10. The largest absolute Gasteiger partial charge is 0.377 e. The van der Waals surface area contributed by atoms with Crippen LogP contribution in [0.1, 0.15) is 11.1 Å². The lowest BCUT2D eigenvalue weighted by Crippen LogP contribution is -2.11. The molecule has 3 N–H and O–H groups in total. The van der Waals surface area contributed by atoms with Crippen LogP contribution in [-0.4, -0.2) is 46.1 Å². The second-order valence-corrected chi connectivity index (χ2v) is 12.8. The summed E-state index contributed by atoms with van der Waals surface area (Å²) in [5.74, 6) is 0. The number of benzene rings is 4. The van der Waals surface area contributed by atoms with Crippen LogP contribution < -0.4 is 11.1 Å². The Hall–Kier alpha value is -4.57. The van der Waals surface area contributed by atoms with E-state index in [0.29, 0.717) is 67.0 Å². The van der Waals surface area contributed by atoms with Gasteiger partial charge in [0.2, 0.25) is 0 Å². The summed E-state index contributed by atoms with van der Waals surface area (Å²) >= 11 is 12.6. The van der Waals surface area contributed by atoms with Crippen molar-refractivity contribution in [2.45, 2.75) is 13.2 Å². The molecule has 6 aromatic rings. The molecule has 0 aliphatic carbocycles. The third-order valence-electron chi connectivity index (χ3n) is 6.99. The van der Waals surface area contributed by atoms with Crippen molar-refractivity contribution in [2.24, 2.45) is 5.73 Å². The molecule has 0 spiro atoms. The first-order valence-electron chi connectivity index (χ1n) is 15.5. The van der Waals surface area contributed by atoms with Crippen molar-refractivity contribution in [2.75, 3.05) is 31.6 Å². The number of halogens is 3. The summed E-state index contributed by atoms with van der Waals surface area (Å²) < 4.78 is 12.6. The standard InChI is InChI=1S/C18H16BrN3O3.C9H4BrClN2O2.C9H13NO/c19-14-6-7-15-16(10-14)21-11-17(22(23)24)18(15)20-8-9-25-12-13-4-2-1-3-5-13;10-5-1-2-6-7(3-5)12-4-8(9(6)11)13(14)15;10-6-7-11-8-9-4-2-1-3-5-9/h1-7,10-11H,8-9,12H2,(H,20,21);1-4H;1-5H,6-8,10H2. The molecule has 0 atom stereocenters. The third-order valence-corrected chi connectivity index (χ3v) is 8.37. The number of nitrogens with one attached hydrogen (secondary N) is 1. The maximum absolute atomic E-state index is 11.3. The molecule has 0 amide bonds. The van der Waals surface area contributed by atoms with Crippen LogP contribution >= 0.6 is 43.5 Å². The topological polar surface area (TPSA) is 169 Å². The molecule has 0 aliphatic rings. The van der Waals surface area contributed by atoms with Crippen LogP contribution in [0.15, 0.2) is 118 Å². The maximum atomic E-state index is 11.3. The quantitative estimate of drug-likeness (QED) is 0.0688. The number of anilines is 1. The van der Waals surface area contributed by atoms with Gasteiger partial charge in [-0.1, -0.05) is 104 Å². The van der Waals surface area contributed by atoms with Crippen molar-refractivity contribution >= 4 is 82.3 Å². The molecule has 0 aliphatic heterocycles. The summed E-state index contributed by atoms with van der Waals surface area (Å²) in [5, 5.41) is 26.4. The van der Waals surface area contributed by atoms with Gasteiger partial charge < -0.3 is 20.5 Å². The molecule has 51 heavy (non-hydrogen) atoms. The number of nitrogens with zero attached hydrogens (tertiary/aromatic N) is 4. The van der Waals surface area contributed by atoms with E-state index in [0.717, 1.165) is 20.7 Å². The molecule has 2 heterocycles. The van der Waals surface area contributed by atoms with Gasteiger partial charge in [0.1, 0.15) is 23.1 Å². The fraction of sp³-hybridized carbons (Fsp3) is 0.167. The Kier molecular flexibility index (Phi) is 15.6. The van der Waals surface area contributed by atoms with Crippen LogP contribution in [0.2, 0.25) is 5.02 Å². The Morgan fingerprint density at radius 2 is 1.20 bits per heavy atom. The third kappa shape index (κ3) is 12.0. The minimum absolute atomic E-state index is 0.0436. The van der Waals surface area contributed by atoms with Crippen molar-refractivity contribution in [3.05, 3.63) is 155 Å². The van der Waals surface area contributed by atoms with E-state index in [4.69, 9.17) is 26.8 Å². The molecule has 12 nitrogen and oxygen atoms in total. The SMILES string of the molecule is NCCOCc1ccccc1.O=[N+]([O-])c1cnc2cc(Br)ccc2c1Cl.O=[N+]([O-])c1cnc2cc(Br)ccc2c1NCCOCc1ccccc1. The molecule has 264 valence electrons. The van der Waals surface area contributed by atoms with Gasteiger partial charge in [0.25, 0.3) is 0 Å². The van der Waals surface area contributed by atoms with Crippen LogP contribution in [0.3, 0.4) is 0 Å². The lowest BCUT2D eigenvalue weighted by Gasteiger charge is -2.11. The highest BCUT2D eigenvalue weighted by Crippen LogP contribution is 2.33. The number of aromatic nitrogens is 2. The zero-order valence-electron chi connectivity index (χ0n) is 27.1. The number of nitro groups is 2. The van der Waals surface area contributed by atoms with Crippen LogP contribution in [-0.2, 0) is 22.7 Å². The van der Waals surface area contributed by atoms with E-state index in [9.17, 15) is 20.2 Å². The molecule has 15 heteroatoms. The predicted octanol–water partition coefficient (Wildman–Crippen LogP) is 9.25. The molecular formula is C36H33Br2ClN6O6. The molecule has 0 radical (unpaired) electrons. The van der Waals surface area contributed by atoms with E-state index in [1.54, 1.807) is 18.2 Å². The number of fused-ring (bicyclic) bond motifs is 2. The molecule has 6 rings (SSSR count). The summed E-state index contributed by atoms with van der Waals surface area (Å²) in [7, 11) is 0. The molecule has 0 saturated carbocycles. The minimum Gasteiger partial charge on any atom is -0.377 e. The van der Waals surface area contributed by atoms with Gasteiger partial charge in [0.15, 0.2) is 0 Å². The van der Waals surface area contributed by atoms with Crippen LogP contribution in [0.25, 0.3) is 21.8 Å². The zero-order chi connectivity index (χ0) is 36.6. The van der Waals surface area contributed by atoms with Gasteiger partial charge in [0.05, 0.1) is 47.3 Å². The number of pyridine rings is 2. The zero-order valence-corrected chi connectivity index (χ0v) is 31.0. The Morgan fingerprint density at radius 3 is 1.73 bits per heavy atom. The molecule has 0 unspecified atom stereocenters.